The van der Waals surface area contributed by atoms with Gasteiger partial charge in [-0.1, -0.05) is 46.3 Å². The number of carbonyl (C=O) groups excluding carboxylic acids is 1. The lowest BCUT2D eigenvalue weighted by Gasteiger charge is -2.10. The fraction of sp³-hybridized carbons (Fsp3) is 0.0500. The molecule has 26 heavy (non-hydrogen) atoms. The summed E-state index contributed by atoms with van der Waals surface area (Å²) < 4.78 is 1.66. The molecule has 0 fully saturated rings. The third-order valence-corrected chi connectivity index (χ3v) is 5.13. The van der Waals surface area contributed by atoms with Crippen LogP contribution < -0.4 is 10.9 Å². The number of imidazole rings is 1. The summed E-state index contributed by atoms with van der Waals surface area (Å²) in [6.07, 6.45) is 0. The van der Waals surface area contributed by atoms with E-state index in [0.717, 1.165) is 27.2 Å². The number of hydrogen-bond acceptors (Lipinski definition) is 3. The van der Waals surface area contributed by atoms with Crippen molar-refractivity contribution in [2.24, 2.45) is 0 Å². The van der Waals surface area contributed by atoms with E-state index in [9.17, 15) is 9.59 Å². The molecule has 0 unspecified atom stereocenters. The van der Waals surface area contributed by atoms with Crippen LogP contribution >= 0.6 is 15.9 Å². The van der Waals surface area contributed by atoms with Gasteiger partial charge in [-0.3, -0.25) is 14.0 Å². The standard InChI is InChI=1S/C20H12BrN3O2/c21-10-17(25)22-12-8-11-4-3-5-13-18(11)14(9-12)20(26)24-16-7-2-1-6-15(16)23-19(13)24/h1-9H,10H2,(H,22,25). The number of benzene rings is 3. The summed E-state index contributed by atoms with van der Waals surface area (Å²) in [7, 11) is 0. The van der Waals surface area contributed by atoms with Crippen molar-refractivity contribution in [2.75, 3.05) is 10.6 Å². The number of rotatable bonds is 2. The molecule has 0 aliphatic rings. The van der Waals surface area contributed by atoms with Gasteiger partial charge in [0.25, 0.3) is 5.56 Å². The van der Waals surface area contributed by atoms with Crippen LogP contribution in [0.1, 0.15) is 0 Å². The van der Waals surface area contributed by atoms with Crippen molar-refractivity contribution in [3.63, 3.8) is 0 Å². The summed E-state index contributed by atoms with van der Waals surface area (Å²) in [4.78, 5) is 29.7. The van der Waals surface area contributed by atoms with Gasteiger partial charge < -0.3 is 5.32 Å². The van der Waals surface area contributed by atoms with Gasteiger partial charge in [0.1, 0.15) is 5.65 Å². The lowest BCUT2D eigenvalue weighted by molar-refractivity contribution is -0.113. The van der Waals surface area contributed by atoms with Crippen molar-refractivity contribution in [2.45, 2.75) is 0 Å². The van der Waals surface area contributed by atoms with Gasteiger partial charge in [-0.25, -0.2) is 4.98 Å². The van der Waals surface area contributed by atoms with Gasteiger partial charge in [-0.15, -0.1) is 0 Å². The number of halogens is 1. The maximum atomic E-state index is 13.3. The SMILES string of the molecule is O=C(CBr)Nc1cc2cccc3c2c(c1)c(=O)n1c2ccccc2nc31. The van der Waals surface area contributed by atoms with Crippen molar-refractivity contribution in [1.82, 2.24) is 9.38 Å². The zero-order valence-corrected chi connectivity index (χ0v) is 15.1. The summed E-state index contributed by atoms with van der Waals surface area (Å²) >= 11 is 3.14. The van der Waals surface area contributed by atoms with Crippen LogP contribution in [0, 0.1) is 0 Å². The number of alkyl halides is 1. The van der Waals surface area contributed by atoms with Crippen LogP contribution in [0.5, 0.6) is 0 Å². The fourth-order valence-electron chi connectivity index (χ4n) is 3.58. The fourth-order valence-corrected chi connectivity index (χ4v) is 3.72. The molecular weight excluding hydrogens is 394 g/mol. The van der Waals surface area contributed by atoms with Crippen molar-refractivity contribution >= 4 is 65.7 Å². The van der Waals surface area contributed by atoms with Crippen LogP contribution in [0.4, 0.5) is 5.69 Å². The second-order valence-corrected chi connectivity index (χ2v) is 6.73. The Bertz CT molecular complexity index is 1390. The molecule has 0 saturated heterocycles. The number of carbonyl (C=O) groups is 1. The normalized spacial score (nSPS) is 11.7. The van der Waals surface area contributed by atoms with Gasteiger partial charge in [0.05, 0.1) is 21.7 Å². The summed E-state index contributed by atoms with van der Waals surface area (Å²) in [6, 6.07) is 17.1. The van der Waals surface area contributed by atoms with E-state index >= 15 is 0 Å². The monoisotopic (exact) mass is 405 g/mol. The Labute approximate surface area is 155 Å². The minimum atomic E-state index is -0.162. The maximum absolute atomic E-state index is 13.3. The van der Waals surface area contributed by atoms with Crippen LogP contribution in [0.2, 0.25) is 0 Å². The van der Waals surface area contributed by atoms with Crippen molar-refractivity contribution < 1.29 is 4.79 Å². The third kappa shape index (κ3) is 2.05. The number of nitrogens with one attached hydrogen (secondary N) is 1. The largest absolute Gasteiger partial charge is 0.325 e. The summed E-state index contributed by atoms with van der Waals surface area (Å²) in [5, 5.41) is 6.28. The quantitative estimate of drug-likeness (QED) is 0.452. The summed E-state index contributed by atoms with van der Waals surface area (Å²) in [5.41, 5.74) is 2.70. The first-order valence-electron chi connectivity index (χ1n) is 8.12. The van der Waals surface area contributed by atoms with Crippen LogP contribution in [0.3, 0.4) is 0 Å². The first kappa shape index (κ1) is 15.3. The Morgan fingerprint density at radius 2 is 1.92 bits per heavy atom. The van der Waals surface area contributed by atoms with E-state index in [4.69, 9.17) is 0 Å². The Morgan fingerprint density at radius 3 is 2.77 bits per heavy atom. The van der Waals surface area contributed by atoms with Crippen LogP contribution in [0.25, 0.3) is 38.2 Å². The molecule has 126 valence electrons. The molecule has 2 aromatic heterocycles. The number of amides is 1. The second kappa shape index (κ2) is 5.51. The number of aromatic nitrogens is 2. The molecule has 5 aromatic rings. The number of fused-ring (bicyclic) bond motifs is 4. The van der Waals surface area contributed by atoms with Gasteiger partial charge in [-0.2, -0.15) is 0 Å². The lowest BCUT2D eigenvalue weighted by atomic mass is 10.0. The Morgan fingerprint density at radius 1 is 1.08 bits per heavy atom. The highest BCUT2D eigenvalue weighted by Crippen LogP contribution is 2.31. The smallest absolute Gasteiger partial charge is 0.264 e. The Kier molecular flexibility index (Phi) is 3.24. The summed E-state index contributed by atoms with van der Waals surface area (Å²) in [6.45, 7) is 0. The van der Waals surface area contributed by atoms with E-state index in [0.29, 0.717) is 16.7 Å². The molecule has 0 bridgehead atoms. The first-order valence-corrected chi connectivity index (χ1v) is 9.24. The molecule has 6 heteroatoms. The van der Waals surface area contributed by atoms with E-state index in [-0.39, 0.29) is 16.8 Å². The molecule has 5 nitrogen and oxygen atoms in total. The molecule has 0 aliphatic carbocycles. The molecule has 1 N–H and O–H groups in total. The van der Waals surface area contributed by atoms with E-state index < -0.39 is 0 Å². The van der Waals surface area contributed by atoms with Crippen LogP contribution in [0.15, 0.2) is 59.4 Å². The van der Waals surface area contributed by atoms with Gasteiger partial charge in [0, 0.05) is 16.5 Å². The van der Waals surface area contributed by atoms with Gasteiger partial charge in [-0.05, 0) is 29.7 Å². The zero-order chi connectivity index (χ0) is 17.8. The number of anilines is 1. The Balaban J connectivity index is 1.99. The molecule has 0 aliphatic heterocycles. The van der Waals surface area contributed by atoms with E-state index in [1.807, 2.05) is 48.5 Å². The highest BCUT2D eigenvalue weighted by atomic mass is 79.9. The minimum Gasteiger partial charge on any atom is -0.325 e. The van der Waals surface area contributed by atoms with E-state index in [2.05, 4.69) is 26.2 Å². The van der Waals surface area contributed by atoms with Crippen molar-refractivity contribution in [3.8, 4) is 0 Å². The third-order valence-electron chi connectivity index (χ3n) is 4.62. The zero-order valence-electron chi connectivity index (χ0n) is 13.5. The van der Waals surface area contributed by atoms with E-state index in [1.165, 1.54) is 0 Å². The predicted molar refractivity (Wildman–Crippen MR) is 108 cm³/mol. The second-order valence-electron chi connectivity index (χ2n) is 6.17. The van der Waals surface area contributed by atoms with Crippen molar-refractivity contribution in [3.05, 3.63) is 65.0 Å². The van der Waals surface area contributed by atoms with Gasteiger partial charge >= 0.3 is 0 Å². The number of hydrogen-bond donors (Lipinski definition) is 1. The Hall–Kier alpha value is -2.99. The minimum absolute atomic E-state index is 0.132. The molecule has 0 spiro atoms. The molecular formula is C20H12BrN3O2. The molecule has 5 rings (SSSR count). The molecule has 0 atom stereocenters. The van der Waals surface area contributed by atoms with Gasteiger partial charge in [0.2, 0.25) is 5.91 Å². The molecule has 0 radical (unpaired) electrons. The maximum Gasteiger partial charge on any atom is 0.264 e. The molecule has 1 amide bonds. The number of nitrogens with zero attached hydrogens (tertiary/aromatic N) is 2. The summed E-state index contributed by atoms with van der Waals surface area (Å²) in [5.74, 6) is -0.162. The topological polar surface area (TPSA) is 63.5 Å². The van der Waals surface area contributed by atoms with E-state index in [1.54, 1.807) is 10.5 Å². The highest BCUT2D eigenvalue weighted by Gasteiger charge is 2.16. The van der Waals surface area contributed by atoms with Crippen LogP contribution in [-0.2, 0) is 4.79 Å². The first-order chi connectivity index (χ1) is 12.7. The molecule has 3 aromatic carbocycles. The van der Waals surface area contributed by atoms with Gasteiger partial charge in [0.15, 0.2) is 0 Å². The van der Waals surface area contributed by atoms with Crippen LogP contribution in [-0.4, -0.2) is 20.6 Å². The number of para-hydroxylation sites is 2. The van der Waals surface area contributed by atoms with Crippen molar-refractivity contribution in [1.29, 1.82) is 0 Å². The average Bonchev–Trinajstić information content (AvgIpc) is 3.05. The lowest BCUT2D eigenvalue weighted by Crippen LogP contribution is -2.15. The molecule has 0 saturated carbocycles. The highest BCUT2D eigenvalue weighted by molar-refractivity contribution is 9.09. The average molecular weight is 406 g/mol. The number of pyridine rings is 1. The predicted octanol–water partition coefficient (Wildman–Crippen LogP) is 3.93. The molecule has 2 heterocycles.